The number of ether oxygens (including phenoxy) is 5. The number of nitrogens with zero attached hydrogens (tertiary/aromatic N) is 2. The van der Waals surface area contributed by atoms with Crippen molar-refractivity contribution in [2.24, 2.45) is 11.8 Å². The number of fused-ring (bicyclic) bond motifs is 2. The Bertz CT molecular complexity index is 454. The number of hydrogen-bond acceptors (Lipinski definition) is 7. The van der Waals surface area contributed by atoms with Crippen LogP contribution in [0.3, 0.4) is 0 Å². The summed E-state index contributed by atoms with van der Waals surface area (Å²) in [7, 11) is 0. The lowest BCUT2D eigenvalue weighted by Gasteiger charge is -2.21. The second-order valence-electron chi connectivity index (χ2n) is 7.15. The van der Waals surface area contributed by atoms with Crippen LogP contribution in [0.1, 0.15) is 39.3 Å². The van der Waals surface area contributed by atoms with E-state index in [4.69, 9.17) is 23.7 Å². The van der Waals surface area contributed by atoms with Gasteiger partial charge in [0, 0.05) is 0 Å². The number of rotatable bonds is 2. The maximum Gasteiger partial charge on any atom is 0.176 e. The molecule has 0 radical (unpaired) electrons. The highest BCUT2D eigenvalue weighted by molar-refractivity contribution is 4.87. The normalized spacial score (nSPS) is 25.2. The number of nitrogens with one attached hydrogen (secondary N) is 1. The molecular weight excluding hydrogens is 338 g/mol. The van der Waals surface area contributed by atoms with Crippen LogP contribution >= 0.6 is 0 Å². The molecule has 0 amide bonds. The lowest BCUT2D eigenvalue weighted by molar-refractivity contribution is -0.0712. The van der Waals surface area contributed by atoms with Crippen LogP contribution in [0.25, 0.3) is 0 Å². The highest BCUT2D eigenvalue weighted by atomic mass is 16.6. The van der Waals surface area contributed by atoms with Gasteiger partial charge in [-0.05, 0) is 11.8 Å². The van der Waals surface area contributed by atoms with Gasteiger partial charge in [-0.25, -0.2) is 4.98 Å². The van der Waals surface area contributed by atoms with Gasteiger partial charge in [-0.1, -0.05) is 27.7 Å². The van der Waals surface area contributed by atoms with Gasteiger partial charge >= 0.3 is 0 Å². The Hall–Kier alpha value is -1.06. The summed E-state index contributed by atoms with van der Waals surface area (Å²) >= 11 is 0. The molecule has 0 spiro atoms. The lowest BCUT2D eigenvalue weighted by Crippen LogP contribution is -2.27. The first-order chi connectivity index (χ1) is 12.6. The predicted octanol–water partition coefficient (Wildman–Crippen LogP) is 1.95. The van der Waals surface area contributed by atoms with Crippen molar-refractivity contribution < 1.29 is 23.7 Å². The summed E-state index contributed by atoms with van der Waals surface area (Å²) in [6, 6.07) is 0. The van der Waals surface area contributed by atoms with E-state index in [9.17, 15) is 0 Å². The second-order valence-corrected chi connectivity index (χ2v) is 7.15. The summed E-state index contributed by atoms with van der Waals surface area (Å²) in [5.74, 6) is 1.99. The quantitative estimate of drug-likeness (QED) is 0.850. The van der Waals surface area contributed by atoms with Gasteiger partial charge in [-0.3, -0.25) is 5.10 Å². The fourth-order valence-electron chi connectivity index (χ4n) is 2.43. The van der Waals surface area contributed by atoms with E-state index < -0.39 is 0 Å². The molecule has 1 aliphatic rings. The van der Waals surface area contributed by atoms with Gasteiger partial charge in [0.15, 0.2) is 11.6 Å². The SMILES string of the molecule is CC(C)[C@@H]1COCCOCCOC[C@@H](C(C)C)OCc2nc(n[nH]2)CO1. The van der Waals surface area contributed by atoms with Crippen LogP contribution < -0.4 is 0 Å². The molecule has 0 aliphatic carbocycles. The number of aromatic nitrogens is 3. The van der Waals surface area contributed by atoms with Crippen LogP contribution in [0, 0.1) is 11.8 Å². The van der Waals surface area contributed by atoms with E-state index in [1.165, 1.54) is 0 Å². The highest BCUT2D eigenvalue weighted by Gasteiger charge is 2.18. The van der Waals surface area contributed by atoms with Crippen molar-refractivity contribution >= 4 is 0 Å². The Morgan fingerprint density at radius 2 is 1.35 bits per heavy atom. The van der Waals surface area contributed by atoms with Crippen molar-refractivity contribution in [2.75, 3.05) is 39.6 Å². The summed E-state index contributed by atoms with van der Waals surface area (Å²) in [5, 5.41) is 7.12. The zero-order valence-corrected chi connectivity index (χ0v) is 16.4. The second kappa shape index (κ2) is 11.6. The molecule has 1 aromatic rings. The standard InChI is InChI=1S/C18H33N3O5/c1-13(2)15-9-23-7-5-22-6-8-24-10-16(14(3)4)26-12-18-19-17(11-25-15)20-21-18/h13-16H,5-12H2,1-4H3,(H,19,20,21)/t15-,16-/m0/s1. The van der Waals surface area contributed by atoms with Gasteiger partial charge < -0.3 is 23.7 Å². The molecule has 8 heteroatoms. The van der Waals surface area contributed by atoms with Crippen LogP contribution in [0.5, 0.6) is 0 Å². The lowest BCUT2D eigenvalue weighted by atomic mass is 10.1. The van der Waals surface area contributed by atoms with E-state index in [2.05, 4.69) is 42.9 Å². The molecule has 1 aromatic heterocycles. The Kier molecular flexibility index (Phi) is 9.49. The van der Waals surface area contributed by atoms with Crippen molar-refractivity contribution in [3.63, 3.8) is 0 Å². The minimum absolute atomic E-state index is 0.00709. The van der Waals surface area contributed by atoms with Crippen molar-refractivity contribution in [3.8, 4) is 0 Å². The van der Waals surface area contributed by atoms with Crippen molar-refractivity contribution in [3.05, 3.63) is 11.6 Å². The molecule has 2 atom stereocenters. The topological polar surface area (TPSA) is 87.7 Å². The predicted molar refractivity (Wildman–Crippen MR) is 95.7 cm³/mol. The average molecular weight is 371 g/mol. The van der Waals surface area contributed by atoms with Gasteiger partial charge in [0.25, 0.3) is 0 Å². The molecule has 1 aliphatic heterocycles. The molecule has 150 valence electrons. The summed E-state index contributed by atoms with van der Waals surface area (Å²) < 4.78 is 28.8. The van der Waals surface area contributed by atoms with Gasteiger partial charge in [-0.2, -0.15) is 5.10 Å². The monoisotopic (exact) mass is 371 g/mol. The third-order valence-electron chi connectivity index (χ3n) is 4.23. The molecule has 0 aromatic carbocycles. The highest BCUT2D eigenvalue weighted by Crippen LogP contribution is 2.12. The van der Waals surface area contributed by atoms with Crippen LogP contribution in [0.4, 0.5) is 0 Å². The van der Waals surface area contributed by atoms with E-state index in [0.717, 1.165) is 0 Å². The third kappa shape index (κ3) is 7.67. The largest absolute Gasteiger partial charge is 0.377 e. The number of hydrogen-bond donors (Lipinski definition) is 1. The Labute approximate surface area is 155 Å². The zero-order chi connectivity index (χ0) is 18.8. The summed E-state index contributed by atoms with van der Waals surface area (Å²) in [6.45, 7) is 12.4. The molecule has 2 bridgehead atoms. The molecule has 0 saturated carbocycles. The smallest absolute Gasteiger partial charge is 0.176 e. The van der Waals surface area contributed by atoms with Gasteiger partial charge in [0.1, 0.15) is 13.2 Å². The Morgan fingerprint density at radius 3 is 1.92 bits per heavy atom. The van der Waals surface area contributed by atoms with Crippen LogP contribution in [-0.2, 0) is 36.9 Å². The molecule has 8 nitrogen and oxygen atoms in total. The van der Waals surface area contributed by atoms with E-state index in [1.807, 2.05) is 0 Å². The molecule has 2 rings (SSSR count). The summed E-state index contributed by atoms with van der Waals surface area (Å²) in [4.78, 5) is 4.44. The van der Waals surface area contributed by atoms with Gasteiger partial charge in [0.05, 0.1) is 51.8 Å². The van der Waals surface area contributed by atoms with E-state index in [1.54, 1.807) is 0 Å². The molecule has 1 N–H and O–H groups in total. The first kappa shape index (κ1) is 21.2. The van der Waals surface area contributed by atoms with Gasteiger partial charge in [0.2, 0.25) is 0 Å². The minimum atomic E-state index is -0.0132. The molecule has 26 heavy (non-hydrogen) atoms. The Balaban J connectivity index is 1.95. The zero-order valence-electron chi connectivity index (χ0n) is 16.4. The number of H-pyrrole nitrogens is 1. The maximum absolute atomic E-state index is 5.95. The average Bonchev–Trinajstić information content (AvgIpc) is 3.04. The van der Waals surface area contributed by atoms with Crippen LogP contribution in [-0.4, -0.2) is 67.0 Å². The molecule has 2 heterocycles. The maximum atomic E-state index is 5.95. The van der Waals surface area contributed by atoms with Crippen molar-refractivity contribution in [2.45, 2.75) is 53.1 Å². The van der Waals surface area contributed by atoms with Crippen molar-refractivity contribution in [1.82, 2.24) is 15.2 Å². The van der Waals surface area contributed by atoms with E-state index in [0.29, 0.717) is 76.3 Å². The summed E-state index contributed by atoms with van der Waals surface area (Å²) in [5.41, 5.74) is 0. The molecule has 0 fully saturated rings. The van der Waals surface area contributed by atoms with Crippen molar-refractivity contribution in [1.29, 1.82) is 0 Å². The van der Waals surface area contributed by atoms with Crippen LogP contribution in [0.2, 0.25) is 0 Å². The van der Waals surface area contributed by atoms with E-state index >= 15 is 0 Å². The molecule has 0 saturated heterocycles. The fraction of sp³-hybridized carbons (Fsp3) is 0.889. The number of aromatic amines is 1. The third-order valence-corrected chi connectivity index (χ3v) is 4.23. The Morgan fingerprint density at radius 1 is 0.808 bits per heavy atom. The minimum Gasteiger partial charge on any atom is -0.377 e. The summed E-state index contributed by atoms with van der Waals surface area (Å²) in [6.07, 6.45) is -0.0203. The first-order valence-electron chi connectivity index (χ1n) is 9.42. The fourth-order valence-corrected chi connectivity index (χ4v) is 2.43. The van der Waals surface area contributed by atoms with Crippen LogP contribution in [0.15, 0.2) is 0 Å². The van der Waals surface area contributed by atoms with Gasteiger partial charge in [-0.15, -0.1) is 0 Å². The first-order valence-corrected chi connectivity index (χ1v) is 9.42. The molecule has 0 unspecified atom stereocenters. The van der Waals surface area contributed by atoms with E-state index in [-0.39, 0.29) is 12.2 Å². The molecular formula is C18H33N3O5.